The Bertz CT molecular complexity index is 504. The van der Waals surface area contributed by atoms with Gasteiger partial charge in [-0.1, -0.05) is 13.3 Å². The normalized spacial score (nSPS) is 59.9. The van der Waals surface area contributed by atoms with Crippen molar-refractivity contribution in [3.05, 3.63) is 0 Å². The Morgan fingerprint density at radius 1 is 0.750 bits per heavy atom. The Balaban J connectivity index is 1.45. The van der Waals surface area contributed by atoms with Crippen molar-refractivity contribution in [1.29, 1.82) is 0 Å². The molecular weight excluding hydrogens is 296 g/mol. The third-order valence-electron chi connectivity index (χ3n) is 10.0. The van der Waals surface area contributed by atoms with Gasteiger partial charge in [0.2, 0.25) is 0 Å². The fourth-order valence-electron chi connectivity index (χ4n) is 9.00. The quantitative estimate of drug-likeness (QED) is 0.684. The SMILES string of the molecule is C[C@]12CC[C@@H](O)C[C@@H]1CC[C@@H]1[C@@H]2CC[C@@]23CCC[C@H](O)[C@H]2CC[C@@H]13. The Morgan fingerprint density at radius 2 is 1.58 bits per heavy atom. The summed E-state index contributed by atoms with van der Waals surface area (Å²) in [7, 11) is 0. The number of hydrogen-bond donors (Lipinski definition) is 2. The largest absolute Gasteiger partial charge is 0.393 e. The van der Waals surface area contributed by atoms with E-state index < -0.39 is 0 Å². The summed E-state index contributed by atoms with van der Waals surface area (Å²) >= 11 is 0. The minimum atomic E-state index is -0.0288. The van der Waals surface area contributed by atoms with Crippen LogP contribution in [0.5, 0.6) is 0 Å². The second-order valence-corrected chi connectivity index (χ2v) is 10.5. The van der Waals surface area contributed by atoms with Crippen molar-refractivity contribution in [2.24, 2.45) is 40.4 Å². The molecule has 24 heavy (non-hydrogen) atoms. The standard InChI is InChI=1S/C22H36O2/c1-21-11-8-15(23)13-14(21)4-5-16-17(21)9-12-22-10-2-3-20(24)19(22)7-6-18(16)22/h14-20,23-24H,2-13H2,1H3/t14-,15+,16+,17-,18-,19+,20-,21-,22+/m0/s1. The van der Waals surface area contributed by atoms with Gasteiger partial charge in [-0.05, 0) is 111 Å². The number of aliphatic hydroxyl groups excluding tert-OH is 2. The van der Waals surface area contributed by atoms with Gasteiger partial charge >= 0.3 is 0 Å². The molecule has 0 heterocycles. The van der Waals surface area contributed by atoms with Gasteiger partial charge in [0.15, 0.2) is 0 Å². The molecule has 2 nitrogen and oxygen atoms in total. The summed E-state index contributed by atoms with van der Waals surface area (Å²) in [5.74, 6) is 4.12. The molecule has 2 heteroatoms. The average molecular weight is 333 g/mol. The molecule has 0 radical (unpaired) electrons. The topological polar surface area (TPSA) is 40.5 Å². The van der Waals surface area contributed by atoms with Crippen LogP contribution < -0.4 is 0 Å². The van der Waals surface area contributed by atoms with Crippen LogP contribution in [0.15, 0.2) is 0 Å². The summed E-state index contributed by atoms with van der Waals surface area (Å²) in [5, 5.41) is 20.8. The molecule has 5 saturated carbocycles. The Kier molecular flexibility index (Phi) is 3.67. The molecule has 0 aromatic heterocycles. The van der Waals surface area contributed by atoms with Crippen LogP contribution in [0.3, 0.4) is 0 Å². The lowest BCUT2D eigenvalue weighted by Gasteiger charge is -2.62. The van der Waals surface area contributed by atoms with Crippen LogP contribution in [-0.4, -0.2) is 22.4 Å². The van der Waals surface area contributed by atoms with Crippen molar-refractivity contribution >= 4 is 0 Å². The highest BCUT2D eigenvalue weighted by Gasteiger charge is 2.62. The first-order valence-electron chi connectivity index (χ1n) is 10.9. The van der Waals surface area contributed by atoms with Gasteiger partial charge in [-0.25, -0.2) is 0 Å². The molecule has 136 valence electrons. The Morgan fingerprint density at radius 3 is 2.46 bits per heavy atom. The molecule has 0 unspecified atom stereocenters. The van der Waals surface area contributed by atoms with E-state index in [1.807, 2.05) is 0 Å². The van der Waals surface area contributed by atoms with E-state index in [-0.39, 0.29) is 12.2 Å². The lowest BCUT2D eigenvalue weighted by molar-refractivity contribution is -0.147. The number of rotatable bonds is 0. The van der Waals surface area contributed by atoms with Crippen molar-refractivity contribution in [3.8, 4) is 0 Å². The summed E-state index contributed by atoms with van der Waals surface area (Å²) in [6, 6.07) is 0. The van der Waals surface area contributed by atoms with Crippen molar-refractivity contribution in [2.45, 2.75) is 96.2 Å². The van der Waals surface area contributed by atoms with Gasteiger partial charge in [-0.2, -0.15) is 0 Å². The second kappa shape index (κ2) is 5.46. The third kappa shape index (κ3) is 2.02. The van der Waals surface area contributed by atoms with E-state index in [0.717, 1.165) is 42.9 Å². The van der Waals surface area contributed by atoms with Crippen LogP contribution in [-0.2, 0) is 0 Å². The average Bonchev–Trinajstić information content (AvgIpc) is 2.96. The van der Waals surface area contributed by atoms with E-state index in [1.54, 1.807) is 0 Å². The number of aliphatic hydroxyl groups is 2. The zero-order valence-corrected chi connectivity index (χ0v) is 15.4. The smallest absolute Gasteiger partial charge is 0.0573 e. The minimum absolute atomic E-state index is 0.00273. The van der Waals surface area contributed by atoms with Gasteiger partial charge in [-0.3, -0.25) is 0 Å². The van der Waals surface area contributed by atoms with Crippen LogP contribution >= 0.6 is 0 Å². The van der Waals surface area contributed by atoms with E-state index in [1.165, 1.54) is 57.8 Å². The molecule has 0 aliphatic heterocycles. The molecule has 5 aliphatic rings. The Hall–Kier alpha value is -0.0800. The second-order valence-electron chi connectivity index (χ2n) is 10.5. The fourth-order valence-corrected chi connectivity index (χ4v) is 9.00. The van der Waals surface area contributed by atoms with Crippen molar-refractivity contribution in [3.63, 3.8) is 0 Å². The highest BCUT2D eigenvalue weighted by atomic mass is 16.3. The van der Waals surface area contributed by atoms with Gasteiger partial charge in [0.25, 0.3) is 0 Å². The molecule has 1 spiro atoms. The van der Waals surface area contributed by atoms with Crippen LogP contribution in [0.2, 0.25) is 0 Å². The summed E-state index contributed by atoms with van der Waals surface area (Å²) in [6.07, 6.45) is 15.3. The van der Waals surface area contributed by atoms with Crippen LogP contribution in [0.1, 0.15) is 84.0 Å². The highest BCUT2D eigenvalue weighted by Crippen LogP contribution is 2.70. The zero-order chi connectivity index (χ0) is 16.5. The van der Waals surface area contributed by atoms with Gasteiger partial charge < -0.3 is 10.2 Å². The maximum absolute atomic E-state index is 10.6. The van der Waals surface area contributed by atoms with Gasteiger partial charge in [0.05, 0.1) is 12.2 Å². The highest BCUT2D eigenvalue weighted by molar-refractivity contribution is 5.12. The predicted octanol–water partition coefficient (Wildman–Crippen LogP) is 4.53. The Labute approximate surface area is 147 Å². The van der Waals surface area contributed by atoms with E-state index in [0.29, 0.717) is 16.7 Å². The predicted molar refractivity (Wildman–Crippen MR) is 95.4 cm³/mol. The molecule has 0 amide bonds. The van der Waals surface area contributed by atoms with E-state index >= 15 is 0 Å². The lowest BCUT2D eigenvalue weighted by Crippen LogP contribution is -2.55. The molecule has 2 N–H and O–H groups in total. The van der Waals surface area contributed by atoms with Crippen LogP contribution in [0, 0.1) is 40.4 Å². The van der Waals surface area contributed by atoms with E-state index in [2.05, 4.69) is 6.92 Å². The van der Waals surface area contributed by atoms with Crippen LogP contribution in [0.4, 0.5) is 0 Å². The molecule has 0 aromatic rings. The van der Waals surface area contributed by atoms with E-state index in [4.69, 9.17) is 0 Å². The molecule has 5 rings (SSSR count). The maximum atomic E-state index is 10.6. The van der Waals surface area contributed by atoms with Gasteiger partial charge in [0, 0.05) is 0 Å². The maximum Gasteiger partial charge on any atom is 0.0573 e. The summed E-state index contributed by atoms with van der Waals surface area (Å²) in [5.41, 5.74) is 1.01. The molecule has 0 saturated heterocycles. The fraction of sp³-hybridized carbons (Fsp3) is 1.00. The van der Waals surface area contributed by atoms with Crippen molar-refractivity contribution < 1.29 is 10.2 Å². The molecule has 5 aliphatic carbocycles. The molecular formula is C22H36O2. The van der Waals surface area contributed by atoms with Crippen molar-refractivity contribution in [1.82, 2.24) is 0 Å². The summed E-state index contributed by atoms with van der Waals surface area (Å²) in [4.78, 5) is 0. The summed E-state index contributed by atoms with van der Waals surface area (Å²) < 4.78 is 0. The first-order valence-corrected chi connectivity index (χ1v) is 10.9. The summed E-state index contributed by atoms with van der Waals surface area (Å²) in [6.45, 7) is 2.58. The molecule has 0 aromatic carbocycles. The number of hydrogen-bond acceptors (Lipinski definition) is 2. The third-order valence-corrected chi connectivity index (χ3v) is 10.0. The van der Waals surface area contributed by atoms with Gasteiger partial charge in [0.1, 0.15) is 0 Å². The van der Waals surface area contributed by atoms with E-state index in [9.17, 15) is 10.2 Å². The molecule has 0 bridgehead atoms. The first-order chi connectivity index (χ1) is 11.5. The molecule has 9 atom stereocenters. The van der Waals surface area contributed by atoms with Crippen LogP contribution in [0.25, 0.3) is 0 Å². The number of fused-ring (bicyclic) bond motifs is 4. The monoisotopic (exact) mass is 332 g/mol. The minimum Gasteiger partial charge on any atom is -0.393 e. The lowest BCUT2D eigenvalue weighted by atomic mass is 9.43. The van der Waals surface area contributed by atoms with Gasteiger partial charge in [-0.15, -0.1) is 0 Å². The zero-order valence-electron chi connectivity index (χ0n) is 15.4. The van der Waals surface area contributed by atoms with Crippen molar-refractivity contribution in [2.75, 3.05) is 0 Å². The molecule has 5 fully saturated rings. The first kappa shape index (κ1) is 16.1.